The maximum Gasteiger partial charge on any atom is 0.317 e. The molecule has 168 valence electrons. The lowest BCUT2D eigenvalue weighted by Gasteiger charge is -2.23. The SMILES string of the molecule is COc1cc(OC(CCN(C)CC(=O)O)c2ccc(F)cc2)ccc1Oc1ccccc1. The lowest BCUT2D eigenvalue weighted by molar-refractivity contribution is -0.138. The van der Waals surface area contributed by atoms with Gasteiger partial charge in [0.25, 0.3) is 0 Å². The Labute approximate surface area is 186 Å². The van der Waals surface area contributed by atoms with Crippen molar-refractivity contribution in [2.45, 2.75) is 12.5 Å². The summed E-state index contributed by atoms with van der Waals surface area (Å²) in [4.78, 5) is 12.6. The number of nitrogens with zero attached hydrogens (tertiary/aromatic N) is 1. The number of para-hydroxylation sites is 1. The minimum atomic E-state index is -0.898. The van der Waals surface area contributed by atoms with Gasteiger partial charge in [0, 0.05) is 19.0 Å². The summed E-state index contributed by atoms with van der Waals surface area (Å²) in [6.07, 6.45) is 0.109. The number of hydrogen-bond donors (Lipinski definition) is 1. The zero-order chi connectivity index (χ0) is 22.9. The second-order valence-electron chi connectivity index (χ2n) is 7.31. The van der Waals surface area contributed by atoms with E-state index in [0.29, 0.717) is 36.0 Å². The average Bonchev–Trinajstić information content (AvgIpc) is 2.78. The molecule has 3 rings (SSSR count). The minimum absolute atomic E-state index is 0.0739. The first-order chi connectivity index (χ1) is 15.4. The summed E-state index contributed by atoms with van der Waals surface area (Å²) in [6.45, 7) is 0.413. The molecule has 0 bridgehead atoms. The second kappa shape index (κ2) is 11.2. The molecule has 0 aliphatic heterocycles. The first-order valence-corrected chi connectivity index (χ1v) is 10.2. The van der Waals surface area contributed by atoms with Crippen LogP contribution in [-0.4, -0.2) is 43.2 Å². The molecular weight excluding hydrogens is 413 g/mol. The van der Waals surface area contributed by atoms with Crippen molar-refractivity contribution < 1.29 is 28.5 Å². The lowest BCUT2D eigenvalue weighted by atomic mass is 10.1. The quantitative estimate of drug-likeness (QED) is 0.446. The fourth-order valence-electron chi connectivity index (χ4n) is 3.20. The summed E-state index contributed by atoms with van der Waals surface area (Å²) in [5.41, 5.74) is 0.790. The standard InChI is InChI=1S/C25H26FNO5/c1-27(17-25(28)29)15-14-22(18-8-10-19(26)11-9-18)32-21-12-13-23(24(16-21)30-2)31-20-6-4-3-5-7-20/h3-13,16,22H,14-15,17H2,1-2H3,(H,28,29). The summed E-state index contributed by atoms with van der Waals surface area (Å²) in [7, 11) is 3.28. The molecule has 0 fully saturated rings. The zero-order valence-electron chi connectivity index (χ0n) is 18.0. The van der Waals surface area contributed by atoms with E-state index in [1.165, 1.54) is 12.1 Å². The molecule has 0 amide bonds. The largest absolute Gasteiger partial charge is 0.493 e. The van der Waals surface area contributed by atoms with Gasteiger partial charge < -0.3 is 19.3 Å². The van der Waals surface area contributed by atoms with Gasteiger partial charge in [0.15, 0.2) is 11.5 Å². The number of rotatable bonds is 11. The number of methoxy groups -OCH3 is 1. The number of halogens is 1. The monoisotopic (exact) mass is 439 g/mol. The van der Waals surface area contributed by atoms with E-state index in [1.807, 2.05) is 30.3 Å². The van der Waals surface area contributed by atoms with Gasteiger partial charge in [-0.15, -0.1) is 0 Å². The Morgan fingerprint density at radius 1 is 1.00 bits per heavy atom. The molecule has 0 saturated heterocycles. The third-order valence-electron chi connectivity index (χ3n) is 4.80. The van der Waals surface area contributed by atoms with Crippen LogP contribution in [0.4, 0.5) is 4.39 Å². The zero-order valence-corrected chi connectivity index (χ0v) is 18.0. The van der Waals surface area contributed by atoms with Crippen molar-refractivity contribution in [1.82, 2.24) is 4.90 Å². The molecule has 1 N–H and O–H groups in total. The van der Waals surface area contributed by atoms with Crippen LogP contribution in [0.15, 0.2) is 72.8 Å². The van der Waals surface area contributed by atoms with Gasteiger partial charge >= 0.3 is 5.97 Å². The number of aliphatic carboxylic acids is 1. The molecule has 0 aromatic heterocycles. The van der Waals surface area contributed by atoms with Gasteiger partial charge in [-0.05, 0) is 49.0 Å². The normalized spacial score (nSPS) is 11.8. The van der Waals surface area contributed by atoms with Gasteiger partial charge in [-0.25, -0.2) is 4.39 Å². The third-order valence-corrected chi connectivity index (χ3v) is 4.80. The van der Waals surface area contributed by atoms with E-state index in [0.717, 1.165) is 5.56 Å². The maximum atomic E-state index is 13.4. The Balaban J connectivity index is 1.78. The summed E-state index contributed by atoms with van der Waals surface area (Å²) in [5.74, 6) is 1.06. The van der Waals surface area contributed by atoms with Gasteiger partial charge in [-0.2, -0.15) is 0 Å². The van der Waals surface area contributed by atoms with Gasteiger partial charge in [0.05, 0.1) is 13.7 Å². The van der Waals surface area contributed by atoms with Crippen LogP contribution in [0.3, 0.4) is 0 Å². The fraction of sp³-hybridized carbons (Fsp3) is 0.240. The lowest BCUT2D eigenvalue weighted by Crippen LogP contribution is -2.28. The molecule has 0 spiro atoms. The number of benzene rings is 3. The highest BCUT2D eigenvalue weighted by Gasteiger charge is 2.17. The van der Waals surface area contributed by atoms with Gasteiger partial charge in [-0.1, -0.05) is 30.3 Å². The van der Waals surface area contributed by atoms with E-state index in [1.54, 1.807) is 49.4 Å². The Hall–Kier alpha value is -3.58. The van der Waals surface area contributed by atoms with E-state index in [-0.39, 0.29) is 12.4 Å². The molecule has 3 aromatic carbocycles. The van der Waals surface area contributed by atoms with Crippen molar-refractivity contribution in [3.8, 4) is 23.0 Å². The van der Waals surface area contributed by atoms with Crippen LogP contribution in [0.1, 0.15) is 18.1 Å². The molecule has 0 heterocycles. The first kappa shape index (κ1) is 23.1. The van der Waals surface area contributed by atoms with Gasteiger partial charge in [-0.3, -0.25) is 9.69 Å². The molecule has 7 heteroatoms. The van der Waals surface area contributed by atoms with Crippen LogP contribution in [0.2, 0.25) is 0 Å². The topological polar surface area (TPSA) is 68.2 Å². The van der Waals surface area contributed by atoms with Crippen molar-refractivity contribution in [3.05, 3.63) is 84.2 Å². The number of carboxylic acid groups (broad SMARTS) is 1. The molecule has 6 nitrogen and oxygen atoms in total. The second-order valence-corrected chi connectivity index (χ2v) is 7.31. The molecule has 1 unspecified atom stereocenters. The van der Waals surface area contributed by atoms with E-state index in [9.17, 15) is 9.18 Å². The third kappa shape index (κ3) is 6.72. The van der Waals surface area contributed by atoms with Crippen molar-refractivity contribution in [2.75, 3.05) is 27.2 Å². The van der Waals surface area contributed by atoms with Crippen LogP contribution in [0.25, 0.3) is 0 Å². The highest BCUT2D eigenvalue weighted by Crippen LogP contribution is 2.36. The van der Waals surface area contributed by atoms with Crippen molar-refractivity contribution in [3.63, 3.8) is 0 Å². The van der Waals surface area contributed by atoms with E-state index in [4.69, 9.17) is 19.3 Å². The van der Waals surface area contributed by atoms with Crippen molar-refractivity contribution in [2.24, 2.45) is 0 Å². The molecule has 0 saturated carbocycles. The van der Waals surface area contributed by atoms with Crippen LogP contribution < -0.4 is 14.2 Å². The molecule has 0 aliphatic carbocycles. The Morgan fingerprint density at radius 2 is 1.72 bits per heavy atom. The molecule has 0 radical (unpaired) electrons. The number of likely N-dealkylation sites (N-methyl/N-ethyl adjacent to an activating group) is 1. The van der Waals surface area contributed by atoms with E-state index < -0.39 is 12.1 Å². The number of hydrogen-bond acceptors (Lipinski definition) is 5. The smallest absolute Gasteiger partial charge is 0.317 e. The van der Waals surface area contributed by atoms with Crippen molar-refractivity contribution in [1.29, 1.82) is 0 Å². The number of ether oxygens (including phenoxy) is 3. The Kier molecular flexibility index (Phi) is 8.05. The van der Waals surface area contributed by atoms with Crippen LogP contribution in [0, 0.1) is 5.82 Å². The maximum absolute atomic E-state index is 13.4. The van der Waals surface area contributed by atoms with Crippen LogP contribution in [-0.2, 0) is 4.79 Å². The average molecular weight is 439 g/mol. The molecule has 3 aromatic rings. The first-order valence-electron chi connectivity index (χ1n) is 10.2. The Morgan fingerprint density at radius 3 is 2.38 bits per heavy atom. The molecule has 32 heavy (non-hydrogen) atoms. The van der Waals surface area contributed by atoms with Gasteiger partial charge in [0.1, 0.15) is 23.4 Å². The summed E-state index contributed by atoms with van der Waals surface area (Å²) in [6, 6.07) is 20.7. The van der Waals surface area contributed by atoms with Gasteiger partial charge in [0.2, 0.25) is 0 Å². The minimum Gasteiger partial charge on any atom is -0.493 e. The predicted molar refractivity (Wildman–Crippen MR) is 119 cm³/mol. The summed E-state index contributed by atoms with van der Waals surface area (Å²) < 4.78 is 31.0. The van der Waals surface area contributed by atoms with Crippen molar-refractivity contribution >= 4 is 5.97 Å². The van der Waals surface area contributed by atoms with E-state index in [2.05, 4.69) is 0 Å². The fourth-order valence-corrected chi connectivity index (χ4v) is 3.20. The van der Waals surface area contributed by atoms with Crippen LogP contribution >= 0.6 is 0 Å². The highest BCUT2D eigenvalue weighted by molar-refractivity contribution is 5.69. The highest BCUT2D eigenvalue weighted by atomic mass is 19.1. The van der Waals surface area contributed by atoms with Crippen LogP contribution in [0.5, 0.6) is 23.0 Å². The molecule has 0 aliphatic rings. The Bertz CT molecular complexity index is 1010. The molecular formula is C25H26FNO5. The molecule has 1 atom stereocenters. The summed E-state index contributed by atoms with van der Waals surface area (Å²) >= 11 is 0. The number of carboxylic acids is 1. The number of carbonyl (C=O) groups is 1. The summed E-state index contributed by atoms with van der Waals surface area (Å²) in [5, 5.41) is 8.98. The predicted octanol–water partition coefficient (Wildman–Crippen LogP) is 5.15. The van der Waals surface area contributed by atoms with E-state index >= 15 is 0 Å².